The van der Waals surface area contributed by atoms with E-state index in [1.165, 1.54) is 30.6 Å². The second-order valence-corrected chi connectivity index (χ2v) is 7.43. The fourth-order valence-electron chi connectivity index (χ4n) is 2.86. The van der Waals surface area contributed by atoms with E-state index in [4.69, 9.17) is 0 Å². The number of benzene rings is 1. The molecule has 0 bridgehead atoms. The van der Waals surface area contributed by atoms with Crippen molar-refractivity contribution in [3.8, 4) is 6.07 Å². The van der Waals surface area contributed by atoms with E-state index < -0.39 is 0 Å². The highest BCUT2D eigenvalue weighted by Gasteiger charge is 2.31. The van der Waals surface area contributed by atoms with Crippen molar-refractivity contribution in [1.29, 1.82) is 5.26 Å². The predicted molar refractivity (Wildman–Crippen MR) is 85.1 cm³/mol. The highest BCUT2D eigenvalue weighted by atomic mass is 79.9. The molecule has 0 spiro atoms. The van der Waals surface area contributed by atoms with Crippen molar-refractivity contribution in [3.05, 3.63) is 28.7 Å². The average molecular weight is 338 g/mol. The first kappa shape index (κ1) is 14.9. The molecule has 0 aromatic heterocycles. The van der Waals surface area contributed by atoms with Crippen LogP contribution in [0.5, 0.6) is 0 Å². The van der Waals surface area contributed by atoms with Crippen molar-refractivity contribution in [2.75, 3.05) is 0 Å². The smallest absolute Gasteiger partial charge is 0.0667 e. The highest BCUT2D eigenvalue weighted by molar-refractivity contribution is 9.10. The van der Waals surface area contributed by atoms with Crippen LogP contribution in [-0.4, -0.2) is 5.25 Å². The van der Waals surface area contributed by atoms with Crippen LogP contribution in [0.2, 0.25) is 0 Å². The zero-order valence-corrected chi connectivity index (χ0v) is 13.7. The molecule has 1 aromatic carbocycles. The first-order chi connectivity index (χ1) is 9.24. The molecule has 1 nitrogen and oxygen atoms in total. The Balaban J connectivity index is 2.07. The third kappa shape index (κ3) is 4.00. The van der Waals surface area contributed by atoms with E-state index in [0.29, 0.717) is 5.25 Å². The van der Waals surface area contributed by atoms with Crippen molar-refractivity contribution in [1.82, 2.24) is 0 Å². The lowest BCUT2D eigenvalue weighted by molar-refractivity contribution is 0.307. The standard InChI is InChI=1S/C16H20BrNS/c1-2-5-12-8-9-13(11-18)16(10-12)19-15-7-4-3-6-14(15)17/h3-4,6-7,12-13,16H,2,5,8-10H2,1H3. The van der Waals surface area contributed by atoms with Crippen LogP contribution in [0.1, 0.15) is 39.0 Å². The van der Waals surface area contributed by atoms with E-state index in [2.05, 4.69) is 47.1 Å². The Morgan fingerprint density at radius 1 is 1.37 bits per heavy atom. The largest absolute Gasteiger partial charge is 0.198 e. The number of rotatable bonds is 4. The van der Waals surface area contributed by atoms with Crippen LogP contribution in [0, 0.1) is 23.2 Å². The summed E-state index contributed by atoms with van der Waals surface area (Å²) in [6, 6.07) is 10.9. The van der Waals surface area contributed by atoms with E-state index in [1.807, 2.05) is 17.8 Å². The Hall–Kier alpha value is -0.460. The van der Waals surface area contributed by atoms with Crippen molar-refractivity contribution >= 4 is 27.7 Å². The van der Waals surface area contributed by atoms with E-state index in [9.17, 15) is 5.26 Å². The second-order valence-electron chi connectivity index (χ2n) is 5.29. The molecule has 102 valence electrons. The number of hydrogen-bond donors (Lipinski definition) is 0. The van der Waals surface area contributed by atoms with Crippen molar-refractivity contribution in [2.24, 2.45) is 11.8 Å². The molecule has 0 heterocycles. The molecule has 1 aliphatic carbocycles. The van der Waals surface area contributed by atoms with Gasteiger partial charge in [-0.15, -0.1) is 11.8 Å². The Morgan fingerprint density at radius 3 is 2.84 bits per heavy atom. The van der Waals surface area contributed by atoms with Crippen LogP contribution in [0.15, 0.2) is 33.6 Å². The third-order valence-electron chi connectivity index (χ3n) is 3.88. The maximum absolute atomic E-state index is 9.35. The zero-order chi connectivity index (χ0) is 13.7. The normalized spacial score (nSPS) is 26.9. The van der Waals surface area contributed by atoms with E-state index >= 15 is 0 Å². The Kier molecular flexibility index (Phi) is 5.78. The lowest BCUT2D eigenvalue weighted by Crippen LogP contribution is -2.26. The van der Waals surface area contributed by atoms with E-state index in [0.717, 1.165) is 16.8 Å². The SMILES string of the molecule is CCCC1CCC(C#N)C(Sc2ccccc2Br)C1. The lowest BCUT2D eigenvalue weighted by Gasteiger charge is -2.32. The summed E-state index contributed by atoms with van der Waals surface area (Å²) in [4.78, 5) is 1.27. The molecule has 3 heteroatoms. The van der Waals surface area contributed by atoms with Crippen LogP contribution < -0.4 is 0 Å². The average Bonchev–Trinajstić information content (AvgIpc) is 2.42. The number of hydrogen-bond acceptors (Lipinski definition) is 2. The van der Waals surface area contributed by atoms with Crippen molar-refractivity contribution in [3.63, 3.8) is 0 Å². The predicted octanol–water partition coefficient (Wildman–Crippen LogP) is 5.65. The second kappa shape index (κ2) is 7.36. The van der Waals surface area contributed by atoms with Crippen LogP contribution in [-0.2, 0) is 0 Å². The van der Waals surface area contributed by atoms with Crippen LogP contribution >= 0.6 is 27.7 Å². The van der Waals surface area contributed by atoms with Gasteiger partial charge in [-0.25, -0.2) is 0 Å². The first-order valence-corrected chi connectivity index (χ1v) is 8.72. The molecule has 0 radical (unpaired) electrons. The van der Waals surface area contributed by atoms with Gasteiger partial charge in [-0.3, -0.25) is 0 Å². The van der Waals surface area contributed by atoms with Gasteiger partial charge in [-0.05, 0) is 53.2 Å². The number of halogens is 1. The summed E-state index contributed by atoms with van der Waals surface area (Å²) in [5, 5.41) is 9.80. The van der Waals surface area contributed by atoms with Gasteiger partial charge in [0.1, 0.15) is 0 Å². The summed E-state index contributed by atoms with van der Waals surface area (Å²) in [5.41, 5.74) is 0. The van der Waals surface area contributed by atoms with Gasteiger partial charge in [0, 0.05) is 14.6 Å². The molecule has 1 saturated carbocycles. The fraction of sp³-hybridized carbons (Fsp3) is 0.562. The molecular formula is C16H20BrNS. The van der Waals surface area contributed by atoms with Gasteiger partial charge in [0.05, 0.1) is 12.0 Å². The molecule has 19 heavy (non-hydrogen) atoms. The molecule has 0 amide bonds. The molecule has 1 aliphatic rings. The first-order valence-electron chi connectivity index (χ1n) is 7.05. The Morgan fingerprint density at radius 2 is 2.16 bits per heavy atom. The highest BCUT2D eigenvalue weighted by Crippen LogP contribution is 2.42. The monoisotopic (exact) mass is 337 g/mol. The molecule has 0 N–H and O–H groups in total. The number of thioether (sulfide) groups is 1. The Labute approximate surface area is 128 Å². The summed E-state index contributed by atoms with van der Waals surface area (Å²) in [6.07, 6.45) is 6.07. The van der Waals surface area contributed by atoms with Gasteiger partial charge < -0.3 is 0 Å². The summed E-state index contributed by atoms with van der Waals surface area (Å²) in [6.45, 7) is 2.26. The quantitative estimate of drug-likeness (QED) is 0.708. The minimum atomic E-state index is 0.213. The summed E-state index contributed by atoms with van der Waals surface area (Å²) in [7, 11) is 0. The minimum Gasteiger partial charge on any atom is -0.198 e. The van der Waals surface area contributed by atoms with Gasteiger partial charge in [-0.1, -0.05) is 31.9 Å². The summed E-state index contributed by atoms with van der Waals surface area (Å²) in [5.74, 6) is 1.03. The number of nitriles is 1. The van der Waals surface area contributed by atoms with Crippen LogP contribution in [0.4, 0.5) is 0 Å². The van der Waals surface area contributed by atoms with Gasteiger partial charge in [0.25, 0.3) is 0 Å². The topological polar surface area (TPSA) is 23.8 Å². The van der Waals surface area contributed by atoms with Gasteiger partial charge in [0.2, 0.25) is 0 Å². The molecule has 3 unspecified atom stereocenters. The summed E-state index contributed by atoms with van der Waals surface area (Å²) >= 11 is 5.49. The van der Waals surface area contributed by atoms with Crippen LogP contribution in [0.3, 0.4) is 0 Å². The number of nitrogens with zero attached hydrogens (tertiary/aromatic N) is 1. The van der Waals surface area contributed by atoms with E-state index in [-0.39, 0.29) is 5.92 Å². The molecule has 1 aromatic rings. The maximum atomic E-state index is 9.35. The fourth-order valence-corrected chi connectivity index (χ4v) is 4.82. The molecular weight excluding hydrogens is 318 g/mol. The minimum absolute atomic E-state index is 0.213. The van der Waals surface area contributed by atoms with Gasteiger partial charge in [-0.2, -0.15) is 5.26 Å². The third-order valence-corrected chi connectivity index (χ3v) is 6.27. The van der Waals surface area contributed by atoms with Gasteiger partial charge in [0.15, 0.2) is 0 Å². The maximum Gasteiger partial charge on any atom is 0.0667 e. The molecule has 2 rings (SSSR count). The zero-order valence-electron chi connectivity index (χ0n) is 11.3. The molecule has 0 saturated heterocycles. The Bertz CT molecular complexity index is 454. The molecule has 1 fully saturated rings. The van der Waals surface area contributed by atoms with Crippen molar-refractivity contribution in [2.45, 2.75) is 49.2 Å². The molecule has 3 atom stereocenters. The van der Waals surface area contributed by atoms with Gasteiger partial charge >= 0.3 is 0 Å². The molecule has 0 aliphatic heterocycles. The van der Waals surface area contributed by atoms with Crippen LogP contribution in [0.25, 0.3) is 0 Å². The van der Waals surface area contributed by atoms with E-state index in [1.54, 1.807) is 0 Å². The lowest BCUT2D eigenvalue weighted by atomic mass is 9.80. The van der Waals surface area contributed by atoms with Crippen molar-refractivity contribution < 1.29 is 0 Å². The summed E-state index contributed by atoms with van der Waals surface area (Å²) < 4.78 is 1.15.